The van der Waals surface area contributed by atoms with Gasteiger partial charge in [-0.1, -0.05) is 32.0 Å². The highest BCUT2D eigenvalue weighted by Gasteiger charge is 2.28. The molecule has 1 aliphatic heterocycles. The van der Waals surface area contributed by atoms with Crippen LogP contribution >= 0.6 is 23.1 Å². The van der Waals surface area contributed by atoms with Gasteiger partial charge in [0.25, 0.3) is 0 Å². The number of thioether (sulfide) groups is 1. The van der Waals surface area contributed by atoms with E-state index in [9.17, 15) is 9.59 Å². The molecule has 1 aromatic heterocycles. The molecule has 3 rings (SSSR count). The maximum absolute atomic E-state index is 12.5. The number of fused-ring (bicyclic) bond motifs is 1. The summed E-state index contributed by atoms with van der Waals surface area (Å²) in [6.07, 6.45) is 0.986. The number of rotatable bonds is 7. The van der Waals surface area contributed by atoms with E-state index in [4.69, 9.17) is 4.74 Å². The average molecular weight is 405 g/mol. The molecule has 5 nitrogen and oxygen atoms in total. The highest BCUT2D eigenvalue weighted by atomic mass is 32.2. The molecule has 0 fully saturated rings. The Hall–Kier alpha value is -1.99. The number of hydrogen-bond acceptors (Lipinski definition) is 5. The SMILES string of the molecule is COc1ccccc1CNC(=O)CN1C(=O)CSc2sc(CC(C)C)cc21. The van der Waals surface area contributed by atoms with Crippen LogP contribution in [-0.4, -0.2) is 31.2 Å². The predicted octanol–water partition coefficient (Wildman–Crippen LogP) is 3.71. The van der Waals surface area contributed by atoms with Gasteiger partial charge in [0.1, 0.15) is 12.3 Å². The number of benzene rings is 1. The molecule has 0 aliphatic carbocycles. The molecule has 27 heavy (non-hydrogen) atoms. The van der Waals surface area contributed by atoms with Gasteiger partial charge in [0.15, 0.2) is 0 Å². The summed E-state index contributed by atoms with van der Waals surface area (Å²) in [7, 11) is 1.61. The third-order valence-electron chi connectivity index (χ3n) is 4.23. The summed E-state index contributed by atoms with van der Waals surface area (Å²) in [5, 5.41) is 2.90. The second-order valence-electron chi connectivity index (χ2n) is 6.84. The molecule has 2 amide bonds. The molecule has 0 saturated heterocycles. The van der Waals surface area contributed by atoms with Crippen molar-refractivity contribution in [2.45, 2.75) is 31.0 Å². The minimum Gasteiger partial charge on any atom is -0.496 e. The number of nitrogens with one attached hydrogen (secondary N) is 1. The van der Waals surface area contributed by atoms with E-state index in [1.165, 1.54) is 4.88 Å². The van der Waals surface area contributed by atoms with Gasteiger partial charge in [0.05, 0.1) is 22.8 Å². The molecule has 1 aromatic carbocycles. The first-order chi connectivity index (χ1) is 13.0. The summed E-state index contributed by atoms with van der Waals surface area (Å²) in [4.78, 5) is 27.8. The van der Waals surface area contributed by atoms with E-state index in [1.807, 2.05) is 24.3 Å². The van der Waals surface area contributed by atoms with Gasteiger partial charge in [-0.05, 0) is 24.5 Å². The molecule has 0 unspecified atom stereocenters. The van der Waals surface area contributed by atoms with Crippen LogP contribution < -0.4 is 15.0 Å². The van der Waals surface area contributed by atoms with Crippen LogP contribution in [0.15, 0.2) is 34.5 Å². The Morgan fingerprint density at radius 2 is 2.11 bits per heavy atom. The largest absolute Gasteiger partial charge is 0.496 e. The van der Waals surface area contributed by atoms with Gasteiger partial charge in [-0.3, -0.25) is 9.59 Å². The molecule has 0 spiro atoms. The van der Waals surface area contributed by atoms with Crippen LogP contribution in [0.5, 0.6) is 5.75 Å². The summed E-state index contributed by atoms with van der Waals surface area (Å²) in [5.41, 5.74) is 1.79. The standard InChI is InChI=1S/C20H24N2O3S2/c1-13(2)8-15-9-16-20(27-15)26-12-19(24)22(16)11-18(23)21-10-14-6-4-5-7-17(14)25-3/h4-7,9,13H,8,10-12H2,1-3H3,(H,21,23). The fraction of sp³-hybridized carbons (Fsp3) is 0.400. The Morgan fingerprint density at radius 1 is 1.33 bits per heavy atom. The molecule has 0 bridgehead atoms. The first kappa shape index (κ1) is 19.8. The van der Waals surface area contributed by atoms with Gasteiger partial charge in [0.2, 0.25) is 11.8 Å². The Kier molecular flexibility index (Phi) is 6.44. The first-order valence-electron chi connectivity index (χ1n) is 8.92. The minimum atomic E-state index is -0.177. The Balaban J connectivity index is 1.67. The summed E-state index contributed by atoms with van der Waals surface area (Å²) >= 11 is 3.30. The van der Waals surface area contributed by atoms with E-state index < -0.39 is 0 Å². The second-order valence-corrected chi connectivity index (χ2v) is 9.22. The van der Waals surface area contributed by atoms with Crippen LogP contribution in [0, 0.1) is 5.92 Å². The quantitative estimate of drug-likeness (QED) is 0.764. The number of methoxy groups -OCH3 is 1. The lowest BCUT2D eigenvalue weighted by atomic mass is 10.1. The van der Waals surface area contributed by atoms with E-state index >= 15 is 0 Å². The highest BCUT2D eigenvalue weighted by molar-refractivity contribution is 8.02. The molecule has 144 valence electrons. The van der Waals surface area contributed by atoms with Gasteiger partial charge >= 0.3 is 0 Å². The van der Waals surface area contributed by atoms with Gasteiger partial charge < -0.3 is 15.0 Å². The molecule has 2 heterocycles. The molecular formula is C20H24N2O3S2. The van der Waals surface area contributed by atoms with Gasteiger partial charge in [-0.2, -0.15) is 0 Å². The first-order valence-corrected chi connectivity index (χ1v) is 10.7. The number of anilines is 1. The molecule has 7 heteroatoms. The zero-order valence-corrected chi connectivity index (χ0v) is 17.4. The van der Waals surface area contributed by atoms with Gasteiger partial charge in [0, 0.05) is 17.0 Å². The number of thiophene rings is 1. The van der Waals surface area contributed by atoms with E-state index in [-0.39, 0.29) is 18.4 Å². The second kappa shape index (κ2) is 8.80. The van der Waals surface area contributed by atoms with Gasteiger partial charge in [-0.15, -0.1) is 23.1 Å². The van der Waals surface area contributed by atoms with E-state index in [2.05, 4.69) is 25.2 Å². The number of carbonyl (C=O) groups excluding carboxylic acids is 2. The molecule has 0 atom stereocenters. The van der Waals surface area contributed by atoms with Crippen LogP contribution in [0.3, 0.4) is 0 Å². The van der Waals surface area contributed by atoms with Crippen molar-refractivity contribution in [1.29, 1.82) is 0 Å². The van der Waals surface area contributed by atoms with Crippen molar-refractivity contribution >= 4 is 40.6 Å². The maximum Gasteiger partial charge on any atom is 0.240 e. The third kappa shape index (κ3) is 4.84. The van der Waals surface area contributed by atoms with E-state index in [1.54, 1.807) is 35.1 Å². The van der Waals surface area contributed by atoms with Crippen LogP contribution in [-0.2, 0) is 22.6 Å². The minimum absolute atomic E-state index is 0.0196. The fourth-order valence-electron chi connectivity index (χ4n) is 2.96. The summed E-state index contributed by atoms with van der Waals surface area (Å²) in [6.45, 7) is 4.77. The molecule has 0 saturated carbocycles. The Labute approximate surface area is 168 Å². The van der Waals surface area contributed by atoms with Crippen LogP contribution in [0.2, 0.25) is 0 Å². The molecular weight excluding hydrogens is 380 g/mol. The van der Waals surface area contributed by atoms with Crippen molar-refractivity contribution in [3.63, 3.8) is 0 Å². The molecule has 1 N–H and O–H groups in total. The molecule has 1 aliphatic rings. The van der Waals surface area contributed by atoms with Crippen LogP contribution in [0.25, 0.3) is 0 Å². The third-order valence-corrected chi connectivity index (χ3v) is 6.64. The summed E-state index contributed by atoms with van der Waals surface area (Å²) in [5.74, 6) is 1.48. The lowest BCUT2D eigenvalue weighted by Crippen LogP contribution is -2.42. The number of para-hydroxylation sites is 1. The summed E-state index contributed by atoms with van der Waals surface area (Å²) in [6, 6.07) is 9.64. The van der Waals surface area contributed by atoms with E-state index in [0.717, 1.165) is 27.6 Å². The van der Waals surface area contributed by atoms with Crippen molar-refractivity contribution in [2.24, 2.45) is 5.92 Å². The highest BCUT2D eigenvalue weighted by Crippen LogP contribution is 2.42. The normalized spacial score (nSPS) is 13.6. The number of nitrogens with zero attached hydrogens (tertiary/aromatic N) is 1. The molecule has 0 radical (unpaired) electrons. The van der Waals surface area contributed by atoms with E-state index in [0.29, 0.717) is 18.2 Å². The van der Waals surface area contributed by atoms with Crippen molar-refractivity contribution < 1.29 is 14.3 Å². The lowest BCUT2D eigenvalue weighted by Gasteiger charge is -2.26. The Morgan fingerprint density at radius 3 is 2.85 bits per heavy atom. The zero-order chi connectivity index (χ0) is 19.4. The van der Waals surface area contributed by atoms with Crippen molar-refractivity contribution in [3.05, 3.63) is 40.8 Å². The monoisotopic (exact) mass is 404 g/mol. The zero-order valence-electron chi connectivity index (χ0n) is 15.8. The van der Waals surface area contributed by atoms with Crippen molar-refractivity contribution in [1.82, 2.24) is 5.32 Å². The Bertz CT molecular complexity index is 832. The van der Waals surface area contributed by atoms with Crippen molar-refractivity contribution in [2.75, 3.05) is 24.3 Å². The van der Waals surface area contributed by atoms with Gasteiger partial charge in [-0.25, -0.2) is 0 Å². The smallest absolute Gasteiger partial charge is 0.240 e. The fourth-order valence-corrected chi connectivity index (χ4v) is 5.52. The predicted molar refractivity (Wildman–Crippen MR) is 111 cm³/mol. The average Bonchev–Trinajstić information content (AvgIpc) is 3.04. The number of carbonyl (C=O) groups is 2. The molecule has 2 aromatic rings. The number of amides is 2. The number of ether oxygens (including phenoxy) is 1. The summed E-state index contributed by atoms with van der Waals surface area (Å²) < 4.78 is 6.44. The van der Waals surface area contributed by atoms with Crippen LogP contribution in [0.4, 0.5) is 5.69 Å². The lowest BCUT2D eigenvalue weighted by molar-refractivity contribution is -0.123. The van der Waals surface area contributed by atoms with Crippen LogP contribution in [0.1, 0.15) is 24.3 Å². The topological polar surface area (TPSA) is 58.6 Å². The maximum atomic E-state index is 12.5. The van der Waals surface area contributed by atoms with Crippen molar-refractivity contribution in [3.8, 4) is 5.75 Å². The number of hydrogen-bond donors (Lipinski definition) is 1.